The first-order valence-electron chi connectivity index (χ1n) is 5.69. The topological polar surface area (TPSA) is 20.3 Å². The quantitative estimate of drug-likeness (QED) is 0.690. The zero-order chi connectivity index (χ0) is 11.2. The lowest BCUT2D eigenvalue weighted by molar-refractivity contribution is -0.124. The molecule has 1 heterocycles. The molecule has 0 N–H and O–H groups in total. The standard InChI is InChI=1S/C14H15NO/c16-14-10-6-12-15(14)11-5-4-9-13-7-2-1-3-8-13/h1-3,7-8H,4,6,9-10,12H2. The lowest BCUT2D eigenvalue weighted by Gasteiger charge is -2.03. The predicted octanol–water partition coefficient (Wildman–Crippen LogP) is 2.20. The molecule has 1 aromatic rings. The minimum absolute atomic E-state index is 0.173. The molecule has 1 amide bonds. The molecule has 1 aromatic carbocycles. The van der Waals surface area contributed by atoms with E-state index < -0.39 is 0 Å². The van der Waals surface area contributed by atoms with Gasteiger partial charge in [-0.3, -0.25) is 9.69 Å². The summed E-state index contributed by atoms with van der Waals surface area (Å²) >= 11 is 0. The molecule has 0 unspecified atom stereocenters. The molecule has 0 aromatic heterocycles. The first-order valence-corrected chi connectivity index (χ1v) is 5.69. The van der Waals surface area contributed by atoms with Gasteiger partial charge >= 0.3 is 0 Å². The number of amides is 1. The molecule has 0 atom stereocenters. The van der Waals surface area contributed by atoms with Crippen molar-refractivity contribution in [2.24, 2.45) is 0 Å². The minimum Gasteiger partial charge on any atom is -0.274 e. The van der Waals surface area contributed by atoms with E-state index in [1.54, 1.807) is 4.90 Å². The Morgan fingerprint density at radius 2 is 2.06 bits per heavy atom. The molecule has 2 nitrogen and oxygen atoms in total. The van der Waals surface area contributed by atoms with E-state index in [4.69, 9.17) is 0 Å². The van der Waals surface area contributed by atoms with Crippen LogP contribution in [0.5, 0.6) is 0 Å². The van der Waals surface area contributed by atoms with Gasteiger partial charge < -0.3 is 0 Å². The minimum atomic E-state index is 0.173. The fraction of sp³-hybridized carbons (Fsp3) is 0.357. The van der Waals surface area contributed by atoms with Crippen molar-refractivity contribution in [1.29, 1.82) is 0 Å². The first kappa shape index (κ1) is 10.8. The van der Waals surface area contributed by atoms with Crippen LogP contribution < -0.4 is 0 Å². The Morgan fingerprint density at radius 3 is 2.75 bits per heavy atom. The number of carbonyl (C=O) groups is 1. The summed E-state index contributed by atoms with van der Waals surface area (Å²) in [7, 11) is 0. The van der Waals surface area contributed by atoms with E-state index in [2.05, 4.69) is 24.1 Å². The molecule has 1 fully saturated rings. The van der Waals surface area contributed by atoms with Crippen molar-refractivity contribution in [2.45, 2.75) is 25.7 Å². The van der Waals surface area contributed by atoms with Gasteiger partial charge in [-0.05, 0) is 18.4 Å². The summed E-state index contributed by atoms with van der Waals surface area (Å²) in [5.41, 5.74) is 1.30. The fourth-order valence-corrected chi connectivity index (χ4v) is 1.77. The number of nitrogens with zero attached hydrogens (tertiary/aromatic N) is 1. The number of benzene rings is 1. The van der Waals surface area contributed by atoms with Gasteiger partial charge in [0, 0.05) is 25.4 Å². The second-order valence-electron chi connectivity index (χ2n) is 3.92. The Kier molecular flexibility index (Phi) is 3.61. The van der Waals surface area contributed by atoms with Gasteiger partial charge in [0.1, 0.15) is 0 Å². The Labute approximate surface area is 96.3 Å². The molecule has 2 rings (SSSR count). The van der Waals surface area contributed by atoms with E-state index in [9.17, 15) is 4.79 Å². The maximum atomic E-state index is 11.3. The number of likely N-dealkylation sites (tertiary alicyclic amines) is 1. The van der Waals surface area contributed by atoms with E-state index in [1.807, 2.05) is 18.2 Å². The van der Waals surface area contributed by atoms with Crippen molar-refractivity contribution in [1.82, 2.24) is 4.90 Å². The highest BCUT2D eigenvalue weighted by atomic mass is 16.2. The lowest BCUT2D eigenvalue weighted by atomic mass is 10.1. The third-order valence-electron chi connectivity index (χ3n) is 2.67. The Morgan fingerprint density at radius 1 is 1.25 bits per heavy atom. The SMILES string of the molecule is O=C1CCCN1C#CCCc1ccccc1. The van der Waals surface area contributed by atoms with Gasteiger partial charge in [-0.15, -0.1) is 0 Å². The maximum absolute atomic E-state index is 11.3. The fourth-order valence-electron chi connectivity index (χ4n) is 1.77. The van der Waals surface area contributed by atoms with Crippen molar-refractivity contribution in [3.63, 3.8) is 0 Å². The first-order chi connectivity index (χ1) is 7.86. The van der Waals surface area contributed by atoms with E-state index in [-0.39, 0.29) is 5.91 Å². The van der Waals surface area contributed by atoms with Crippen molar-refractivity contribution in [3.05, 3.63) is 35.9 Å². The summed E-state index contributed by atoms with van der Waals surface area (Å²) in [4.78, 5) is 12.9. The van der Waals surface area contributed by atoms with Crippen LogP contribution in [0.2, 0.25) is 0 Å². The van der Waals surface area contributed by atoms with Crippen LogP contribution in [0.1, 0.15) is 24.8 Å². The molecule has 0 radical (unpaired) electrons. The lowest BCUT2D eigenvalue weighted by Crippen LogP contribution is -2.17. The highest BCUT2D eigenvalue weighted by Gasteiger charge is 2.17. The second-order valence-corrected chi connectivity index (χ2v) is 3.92. The zero-order valence-corrected chi connectivity index (χ0v) is 9.28. The summed E-state index contributed by atoms with van der Waals surface area (Å²) in [5, 5.41) is 0. The molecule has 1 aliphatic heterocycles. The van der Waals surface area contributed by atoms with Crippen molar-refractivity contribution >= 4 is 5.91 Å². The molecule has 0 spiro atoms. The molecule has 82 valence electrons. The average molecular weight is 213 g/mol. The Hall–Kier alpha value is -1.75. The molecule has 1 aliphatic rings. The van der Waals surface area contributed by atoms with Gasteiger partial charge in [0.25, 0.3) is 0 Å². The van der Waals surface area contributed by atoms with Gasteiger partial charge in [-0.25, -0.2) is 0 Å². The summed E-state index contributed by atoms with van der Waals surface area (Å²) < 4.78 is 0. The summed E-state index contributed by atoms with van der Waals surface area (Å²) in [6.45, 7) is 0.803. The highest BCUT2D eigenvalue weighted by molar-refractivity contribution is 5.79. The predicted molar refractivity (Wildman–Crippen MR) is 63.5 cm³/mol. The number of hydrogen-bond acceptors (Lipinski definition) is 1. The van der Waals surface area contributed by atoms with Crippen LogP contribution in [0.15, 0.2) is 30.3 Å². The van der Waals surface area contributed by atoms with Gasteiger partial charge in [0.05, 0.1) is 0 Å². The third kappa shape index (κ3) is 2.87. The van der Waals surface area contributed by atoms with Gasteiger partial charge in [-0.2, -0.15) is 0 Å². The highest BCUT2D eigenvalue weighted by Crippen LogP contribution is 2.07. The second kappa shape index (κ2) is 5.37. The Balaban J connectivity index is 1.80. The van der Waals surface area contributed by atoms with Crippen LogP contribution in [0.4, 0.5) is 0 Å². The van der Waals surface area contributed by atoms with Gasteiger partial charge in [0.2, 0.25) is 5.91 Å². The van der Waals surface area contributed by atoms with Crippen LogP contribution in [0.3, 0.4) is 0 Å². The van der Waals surface area contributed by atoms with Crippen molar-refractivity contribution in [2.75, 3.05) is 6.54 Å². The van der Waals surface area contributed by atoms with Gasteiger partial charge in [-0.1, -0.05) is 36.3 Å². The van der Waals surface area contributed by atoms with Crippen LogP contribution in [0.25, 0.3) is 0 Å². The third-order valence-corrected chi connectivity index (χ3v) is 2.67. The monoisotopic (exact) mass is 213 g/mol. The Bertz CT molecular complexity index is 413. The smallest absolute Gasteiger partial charge is 0.234 e. The average Bonchev–Trinajstić information content (AvgIpc) is 2.72. The maximum Gasteiger partial charge on any atom is 0.234 e. The normalized spacial score (nSPS) is 14.8. The van der Waals surface area contributed by atoms with E-state index in [0.717, 1.165) is 25.8 Å². The molecule has 2 heteroatoms. The molecule has 0 saturated carbocycles. The van der Waals surface area contributed by atoms with Crippen molar-refractivity contribution < 1.29 is 4.79 Å². The molecule has 0 aliphatic carbocycles. The molecule has 16 heavy (non-hydrogen) atoms. The number of carbonyl (C=O) groups excluding carboxylic acids is 1. The van der Waals surface area contributed by atoms with Gasteiger partial charge in [0.15, 0.2) is 0 Å². The van der Waals surface area contributed by atoms with E-state index >= 15 is 0 Å². The molecular weight excluding hydrogens is 198 g/mol. The van der Waals surface area contributed by atoms with E-state index in [1.165, 1.54) is 5.56 Å². The van der Waals surface area contributed by atoms with E-state index in [0.29, 0.717) is 6.42 Å². The summed E-state index contributed by atoms with van der Waals surface area (Å²) in [5.74, 6) is 3.23. The largest absolute Gasteiger partial charge is 0.274 e. The summed E-state index contributed by atoms with van der Waals surface area (Å²) in [6, 6.07) is 13.2. The van der Waals surface area contributed by atoms with Crippen LogP contribution in [0, 0.1) is 12.0 Å². The van der Waals surface area contributed by atoms with Crippen LogP contribution in [-0.4, -0.2) is 17.4 Å². The summed E-state index contributed by atoms with van der Waals surface area (Å²) in [6.07, 6.45) is 3.38. The van der Waals surface area contributed by atoms with Crippen molar-refractivity contribution in [3.8, 4) is 12.0 Å². The number of hydrogen-bond donors (Lipinski definition) is 0. The molecular formula is C14H15NO. The molecule has 1 saturated heterocycles. The zero-order valence-electron chi connectivity index (χ0n) is 9.28. The molecule has 0 bridgehead atoms. The number of aryl methyl sites for hydroxylation is 1. The van der Waals surface area contributed by atoms with Crippen LogP contribution >= 0.6 is 0 Å². The van der Waals surface area contributed by atoms with Crippen LogP contribution in [-0.2, 0) is 11.2 Å². The number of rotatable bonds is 2.